The quantitative estimate of drug-likeness (QED) is 0.920. The van der Waals surface area contributed by atoms with E-state index in [0.29, 0.717) is 36.3 Å². The molecule has 3 rings (SSSR count). The number of carbonyl (C=O) groups excluding carboxylic acids is 2. The molecule has 1 saturated heterocycles. The van der Waals surface area contributed by atoms with Crippen molar-refractivity contribution in [2.24, 2.45) is 5.92 Å². The van der Waals surface area contributed by atoms with Crippen LogP contribution in [-0.2, 0) is 9.59 Å². The summed E-state index contributed by atoms with van der Waals surface area (Å²) in [5.74, 6) is 0.491. The Morgan fingerprint density at radius 1 is 1.14 bits per heavy atom. The summed E-state index contributed by atoms with van der Waals surface area (Å²) in [6.07, 6.45) is 2.08. The van der Waals surface area contributed by atoms with Gasteiger partial charge in [-0.1, -0.05) is 23.7 Å². The van der Waals surface area contributed by atoms with Crippen LogP contribution in [0.1, 0.15) is 12.8 Å². The number of benzene rings is 1. The number of halogens is 1. The monoisotopic (exact) mass is 321 g/mol. The maximum absolute atomic E-state index is 12.1. The topological polar surface area (TPSA) is 52.7 Å². The number of nitrogens with zero attached hydrogens (tertiary/aromatic N) is 2. The fourth-order valence-corrected chi connectivity index (χ4v) is 2.85. The van der Waals surface area contributed by atoms with E-state index in [2.05, 4.69) is 10.2 Å². The number of hydrogen-bond acceptors (Lipinski definition) is 3. The SMILES string of the molecule is O=C(CN1CCN(C(=O)C2CC2)CC1)Nc1ccccc1Cl. The fraction of sp³-hybridized carbons (Fsp3) is 0.500. The first kappa shape index (κ1) is 15.3. The van der Waals surface area contributed by atoms with Crippen LogP contribution in [0.25, 0.3) is 0 Å². The highest BCUT2D eigenvalue weighted by atomic mass is 35.5. The van der Waals surface area contributed by atoms with Crippen molar-refractivity contribution in [3.05, 3.63) is 29.3 Å². The molecule has 1 aromatic rings. The summed E-state index contributed by atoms with van der Waals surface area (Å²) < 4.78 is 0. The molecule has 0 bridgehead atoms. The van der Waals surface area contributed by atoms with E-state index in [0.717, 1.165) is 25.9 Å². The third-order valence-electron chi connectivity index (χ3n) is 4.13. The highest BCUT2D eigenvalue weighted by Gasteiger charge is 2.34. The number of rotatable bonds is 4. The lowest BCUT2D eigenvalue weighted by Crippen LogP contribution is -2.50. The molecule has 0 spiro atoms. The second kappa shape index (κ2) is 6.67. The minimum atomic E-state index is -0.0740. The maximum Gasteiger partial charge on any atom is 0.238 e. The first-order chi connectivity index (χ1) is 10.6. The van der Waals surface area contributed by atoms with Crippen molar-refractivity contribution in [3.63, 3.8) is 0 Å². The molecule has 2 fully saturated rings. The second-order valence-corrected chi connectivity index (χ2v) is 6.31. The first-order valence-corrected chi connectivity index (χ1v) is 8.07. The summed E-state index contributed by atoms with van der Waals surface area (Å²) in [7, 11) is 0. The van der Waals surface area contributed by atoms with Crippen molar-refractivity contribution in [2.75, 3.05) is 38.0 Å². The molecule has 1 aromatic carbocycles. The zero-order valence-corrected chi connectivity index (χ0v) is 13.2. The van der Waals surface area contributed by atoms with Crippen LogP contribution in [0.4, 0.5) is 5.69 Å². The van der Waals surface area contributed by atoms with E-state index in [1.807, 2.05) is 17.0 Å². The molecule has 118 valence electrons. The van der Waals surface area contributed by atoms with Gasteiger partial charge in [0.1, 0.15) is 0 Å². The van der Waals surface area contributed by atoms with Gasteiger partial charge in [-0.05, 0) is 25.0 Å². The van der Waals surface area contributed by atoms with Gasteiger partial charge in [0, 0.05) is 32.1 Å². The Bertz CT molecular complexity index is 566. The van der Waals surface area contributed by atoms with Crippen LogP contribution in [0.3, 0.4) is 0 Å². The average Bonchev–Trinajstić information content (AvgIpc) is 3.34. The predicted molar refractivity (Wildman–Crippen MR) is 85.8 cm³/mol. The van der Waals surface area contributed by atoms with Gasteiger partial charge in [0.05, 0.1) is 17.3 Å². The number of carbonyl (C=O) groups is 2. The highest BCUT2D eigenvalue weighted by Crippen LogP contribution is 2.31. The van der Waals surface area contributed by atoms with Crippen LogP contribution in [0.2, 0.25) is 5.02 Å². The van der Waals surface area contributed by atoms with Crippen LogP contribution in [0, 0.1) is 5.92 Å². The fourth-order valence-electron chi connectivity index (χ4n) is 2.67. The third-order valence-corrected chi connectivity index (χ3v) is 4.46. The van der Waals surface area contributed by atoms with E-state index >= 15 is 0 Å². The molecule has 6 heteroatoms. The number of hydrogen-bond donors (Lipinski definition) is 1. The Kier molecular flexibility index (Phi) is 4.64. The van der Waals surface area contributed by atoms with E-state index in [1.54, 1.807) is 12.1 Å². The van der Waals surface area contributed by atoms with Gasteiger partial charge >= 0.3 is 0 Å². The van der Waals surface area contributed by atoms with Crippen molar-refractivity contribution in [3.8, 4) is 0 Å². The number of amides is 2. The largest absolute Gasteiger partial charge is 0.340 e. The van der Waals surface area contributed by atoms with Gasteiger partial charge in [0.15, 0.2) is 0 Å². The third kappa shape index (κ3) is 3.78. The molecular weight excluding hydrogens is 302 g/mol. The molecule has 5 nitrogen and oxygen atoms in total. The molecule has 0 aromatic heterocycles. The minimum absolute atomic E-state index is 0.0740. The maximum atomic E-state index is 12.1. The van der Waals surface area contributed by atoms with E-state index < -0.39 is 0 Å². The van der Waals surface area contributed by atoms with Crippen LogP contribution >= 0.6 is 11.6 Å². The standard InChI is InChI=1S/C16H20ClN3O2/c17-13-3-1-2-4-14(13)18-15(21)11-19-7-9-20(10-8-19)16(22)12-5-6-12/h1-4,12H,5-11H2,(H,18,21). The van der Waals surface area contributed by atoms with Crippen molar-refractivity contribution in [1.82, 2.24) is 9.80 Å². The smallest absolute Gasteiger partial charge is 0.238 e. The van der Waals surface area contributed by atoms with Crippen molar-refractivity contribution < 1.29 is 9.59 Å². The van der Waals surface area contributed by atoms with Crippen molar-refractivity contribution in [1.29, 1.82) is 0 Å². The molecule has 1 aliphatic heterocycles. The first-order valence-electron chi connectivity index (χ1n) is 7.69. The Morgan fingerprint density at radius 2 is 1.82 bits per heavy atom. The summed E-state index contributed by atoms with van der Waals surface area (Å²) in [6, 6.07) is 7.20. The highest BCUT2D eigenvalue weighted by molar-refractivity contribution is 6.33. The zero-order chi connectivity index (χ0) is 15.5. The van der Waals surface area contributed by atoms with E-state index in [4.69, 9.17) is 11.6 Å². The Morgan fingerprint density at radius 3 is 2.45 bits per heavy atom. The van der Waals surface area contributed by atoms with Gasteiger partial charge in [-0.15, -0.1) is 0 Å². The number of piperazine rings is 1. The van der Waals surface area contributed by atoms with Gasteiger partial charge in [-0.25, -0.2) is 0 Å². The van der Waals surface area contributed by atoms with Crippen LogP contribution in [0.5, 0.6) is 0 Å². The van der Waals surface area contributed by atoms with Gasteiger partial charge < -0.3 is 10.2 Å². The molecule has 22 heavy (non-hydrogen) atoms. The lowest BCUT2D eigenvalue weighted by Gasteiger charge is -2.34. The van der Waals surface area contributed by atoms with Crippen LogP contribution in [-0.4, -0.2) is 54.3 Å². The molecule has 0 atom stereocenters. The summed E-state index contributed by atoms with van der Waals surface area (Å²) in [6.45, 7) is 3.25. The summed E-state index contributed by atoms with van der Waals surface area (Å²) in [4.78, 5) is 28.1. The molecule has 0 radical (unpaired) electrons. The zero-order valence-electron chi connectivity index (χ0n) is 12.4. The molecular formula is C16H20ClN3O2. The lowest BCUT2D eigenvalue weighted by atomic mass is 10.2. The van der Waals surface area contributed by atoms with Crippen LogP contribution < -0.4 is 5.32 Å². The van der Waals surface area contributed by atoms with E-state index in [1.165, 1.54) is 0 Å². The molecule has 1 aliphatic carbocycles. The van der Waals surface area contributed by atoms with E-state index in [-0.39, 0.29) is 11.8 Å². The molecule has 1 N–H and O–H groups in total. The van der Waals surface area contributed by atoms with Crippen molar-refractivity contribution in [2.45, 2.75) is 12.8 Å². The Hall–Kier alpha value is -1.59. The second-order valence-electron chi connectivity index (χ2n) is 5.90. The Balaban J connectivity index is 1.45. The average molecular weight is 322 g/mol. The van der Waals surface area contributed by atoms with Crippen LogP contribution in [0.15, 0.2) is 24.3 Å². The summed E-state index contributed by atoms with van der Waals surface area (Å²) in [5, 5.41) is 3.36. The Labute approximate surface area is 135 Å². The normalized spacial score (nSPS) is 19.0. The van der Waals surface area contributed by atoms with Crippen molar-refractivity contribution >= 4 is 29.1 Å². The summed E-state index contributed by atoms with van der Waals surface area (Å²) >= 11 is 6.03. The molecule has 0 unspecified atom stereocenters. The molecule has 2 amide bonds. The summed E-state index contributed by atoms with van der Waals surface area (Å²) in [5.41, 5.74) is 0.636. The molecule has 1 heterocycles. The molecule has 2 aliphatic rings. The van der Waals surface area contributed by atoms with Gasteiger partial charge in [-0.2, -0.15) is 0 Å². The lowest BCUT2D eigenvalue weighted by molar-refractivity contribution is -0.134. The van der Waals surface area contributed by atoms with E-state index in [9.17, 15) is 9.59 Å². The number of anilines is 1. The molecule has 1 saturated carbocycles. The predicted octanol–water partition coefficient (Wildman–Crippen LogP) is 1.83. The number of nitrogens with one attached hydrogen (secondary N) is 1. The minimum Gasteiger partial charge on any atom is -0.340 e. The van der Waals surface area contributed by atoms with Gasteiger partial charge in [-0.3, -0.25) is 14.5 Å². The van der Waals surface area contributed by atoms with Gasteiger partial charge in [0.25, 0.3) is 0 Å². The van der Waals surface area contributed by atoms with Gasteiger partial charge in [0.2, 0.25) is 11.8 Å². The number of para-hydroxylation sites is 1.